The fourth-order valence-electron chi connectivity index (χ4n) is 0.0943. The van der Waals surface area contributed by atoms with Crippen LogP contribution in [0.2, 0.25) is 0 Å². The van der Waals surface area contributed by atoms with E-state index >= 15 is 0 Å². The van der Waals surface area contributed by atoms with E-state index in [0.717, 1.165) is 0 Å². The van der Waals surface area contributed by atoms with Crippen molar-refractivity contribution in [1.29, 1.82) is 0 Å². The van der Waals surface area contributed by atoms with Gasteiger partial charge in [-0.05, 0) is 6.58 Å². The molecule has 0 aromatic rings. The first-order valence-corrected chi connectivity index (χ1v) is 2.78. The van der Waals surface area contributed by atoms with Crippen molar-refractivity contribution in [2.75, 3.05) is 0 Å². The van der Waals surface area contributed by atoms with E-state index in [4.69, 9.17) is 0 Å². The van der Waals surface area contributed by atoms with E-state index in [1.165, 1.54) is 0 Å². The van der Waals surface area contributed by atoms with Crippen molar-refractivity contribution in [3.8, 4) is 0 Å². The minimum Gasteiger partial charge on any atom is -0.259 e. The highest BCUT2D eigenvalue weighted by molar-refractivity contribution is 7.99. The van der Waals surface area contributed by atoms with Crippen LogP contribution in [0.5, 0.6) is 0 Å². The van der Waals surface area contributed by atoms with Gasteiger partial charge in [0.1, 0.15) is 4.58 Å². The Kier molecular flexibility index (Phi) is 2.93. The average Bonchev–Trinajstić information content (AvgIpc) is 1.64. The van der Waals surface area contributed by atoms with Crippen molar-refractivity contribution in [1.82, 2.24) is 0 Å². The summed E-state index contributed by atoms with van der Waals surface area (Å²) in [5.41, 5.74) is -0.198. The number of thiol groups is 2. The van der Waals surface area contributed by atoms with Gasteiger partial charge < -0.3 is 0 Å². The average molecular weight is 151 g/mol. The predicted octanol–water partition coefficient (Wildman–Crippen LogP) is 0.963. The van der Waals surface area contributed by atoms with E-state index in [1.54, 1.807) is 0 Å². The summed E-state index contributed by atoms with van der Waals surface area (Å²) >= 11 is 7.31. The van der Waals surface area contributed by atoms with E-state index in [-0.39, 0.29) is 5.70 Å². The number of nitrogens with zero attached hydrogens (tertiary/aromatic N) is 1. The third kappa shape index (κ3) is 2.23. The van der Waals surface area contributed by atoms with Gasteiger partial charge in [-0.25, -0.2) is 0 Å². The van der Waals surface area contributed by atoms with Crippen molar-refractivity contribution in [2.24, 2.45) is 0 Å². The van der Waals surface area contributed by atoms with Crippen molar-refractivity contribution in [3.05, 3.63) is 22.4 Å². The molecule has 0 saturated heterocycles. The van der Waals surface area contributed by atoms with Gasteiger partial charge in [0.05, 0.1) is 4.92 Å². The monoisotopic (exact) mass is 151 g/mol. The standard InChI is InChI=1S/C3H5NO2S2/c1-2(3(7)8)4(5)6/h3,7-8H,1H2. The third-order valence-corrected chi connectivity index (χ3v) is 1.13. The molecule has 0 aliphatic carbocycles. The Labute approximate surface area is 57.7 Å². The molecule has 0 aliphatic rings. The molecule has 46 valence electrons. The molecule has 8 heavy (non-hydrogen) atoms. The van der Waals surface area contributed by atoms with Crippen LogP contribution in [-0.4, -0.2) is 9.51 Å². The molecule has 0 aliphatic heterocycles. The molecule has 0 aromatic carbocycles. The largest absolute Gasteiger partial charge is 0.261 e. The third-order valence-electron chi connectivity index (χ3n) is 0.533. The Balaban J connectivity index is 3.84. The summed E-state index contributed by atoms with van der Waals surface area (Å²) in [6.45, 7) is 3.10. The lowest BCUT2D eigenvalue weighted by Crippen LogP contribution is -2.03. The first-order valence-electron chi connectivity index (χ1n) is 1.75. The number of hydrogen-bond donors (Lipinski definition) is 2. The minimum atomic E-state index is -0.662. The zero-order valence-electron chi connectivity index (χ0n) is 3.94. The fraction of sp³-hybridized carbons (Fsp3) is 0.333. The summed E-state index contributed by atoms with van der Waals surface area (Å²) in [7, 11) is 0. The minimum absolute atomic E-state index is 0.198. The molecule has 0 amide bonds. The Hall–Kier alpha value is -0.160. The molecule has 0 rings (SSSR count). The van der Waals surface area contributed by atoms with Gasteiger partial charge in [-0.3, -0.25) is 10.1 Å². The highest BCUT2D eigenvalue weighted by Gasteiger charge is 2.12. The number of hydrogen-bond acceptors (Lipinski definition) is 4. The van der Waals surface area contributed by atoms with Crippen LogP contribution >= 0.6 is 25.3 Å². The summed E-state index contributed by atoms with van der Waals surface area (Å²) in [6, 6.07) is 0. The molecule has 0 unspecified atom stereocenters. The molecule has 0 fully saturated rings. The van der Waals surface area contributed by atoms with Crippen LogP contribution in [0.4, 0.5) is 0 Å². The van der Waals surface area contributed by atoms with Crippen LogP contribution in [0, 0.1) is 10.1 Å². The van der Waals surface area contributed by atoms with Crippen molar-refractivity contribution >= 4 is 25.3 Å². The zero-order valence-corrected chi connectivity index (χ0v) is 5.73. The molecular weight excluding hydrogens is 146 g/mol. The van der Waals surface area contributed by atoms with Crippen LogP contribution < -0.4 is 0 Å². The first-order chi connectivity index (χ1) is 3.55. The fourth-order valence-corrected chi connectivity index (χ4v) is 0.283. The number of rotatable bonds is 2. The van der Waals surface area contributed by atoms with Gasteiger partial charge in [0, 0.05) is 0 Å². The topological polar surface area (TPSA) is 43.1 Å². The molecular formula is C3H5NO2S2. The van der Waals surface area contributed by atoms with Gasteiger partial charge in [0.15, 0.2) is 0 Å². The van der Waals surface area contributed by atoms with Gasteiger partial charge >= 0.3 is 0 Å². The van der Waals surface area contributed by atoms with Crippen LogP contribution in [0.25, 0.3) is 0 Å². The lowest BCUT2D eigenvalue weighted by atomic mass is 10.6. The van der Waals surface area contributed by atoms with Gasteiger partial charge in [-0.1, -0.05) is 0 Å². The molecule has 0 bridgehead atoms. The van der Waals surface area contributed by atoms with E-state index in [2.05, 4.69) is 31.8 Å². The van der Waals surface area contributed by atoms with Gasteiger partial charge in [-0.2, -0.15) is 25.3 Å². The molecule has 3 nitrogen and oxygen atoms in total. The quantitative estimate of drug-likeness (QED) is 0.267. The molecule has 0 spiro atoms. The highest BCUT2D eigenvalue weighted by Crippen LogP contribution is 2.10. The second kappa shape index (κ2) is 2.99. The van der Waals surface area contributed by atoms with Crippen LogP contribution in [0.15, 0.2) is 12.3 Å². The smallest absolute Gasteiger partial charge is 0.259 e. The van der Waals surface area contributed by atoms with Crippen LogP contribution in [0.1, 0.15) is 0 Å². The zero-order chi connectivity index (χ0) is 6.73. The molecule has 0 heterocycles. The highest BCUT2D eigenvalue weighted by atomic mass is 32.2. The van der Waals surface area contributed by atoms with Crippen LogP contribution in [0.3, 0.4) is 0 Å². The van der Waals surface area contributed by atoms with Crippen molar-refractivity contribution < 1.29 is 4.92 Å². The normalized spacial score (nSPS) is 9.38. The second-order valence-corrected chi connectivity index (χ2v) is 2.56. The SMILES string of the molecule is C=C(C(S)S)[N+](=O)[O-]. The van der Waals surface area contributed by atoms with Gasteiger partial charge in [0.2, 0.25) is 0 Å². The molecule has 0 radical (unpaired) electrons. The summed E-state index contributed by atoms with van der Waals surface area (Å²) in [5, 5.41) is 9.75. The van der Waals surface area contributed by atoms with E-state index in [9.17, 15) is 10.1 Å². The van der Waals surface area contributed by atoms with Crippen LogP contribution in [-0.2, 0) is 0 Å². The molecule has 0 N–H and O–H groups in total. The maximum atomic E-state index is 9.75. The lowest BCUT2D eigenvalue weighted by Gasteiger charge is -1.94. The number of nitro groups is 1. The Morgan fingerprint density at radius 3 is 2.12 bits per heavy atom. The summed E-state index contributed by atoms with van der Waals surface area (Å²) in [6.07, 6.45) is 0. The molecule has 0 atom stereocenters. The maximum Gasteiger partial charge on any atom is 0.261 e. The second-order valence-electron chi connectivity index (χ2n) is 1.12. The van der Waals surface area contributed by atoms with E-state index in [0.29, 0.717) is 0 Å². The van der Waals surface area contributed by atoms with E-state index in [1.807, 2.05) is 0 Å². The summed E-state index contributed by atoms with van der Waals surface area (Å²) < 4.78 is -0.662. The molecule has 5 heteroatoms. The maximum absolute atomic E-state index is 9.75. The van der Waals surface area contributed by atoms with E-state index < -0.39 is 9.51 Å². The van der Waals surface area contributed by atoms with Gasteiger partial charge in [-0.15, -0.1) is 0 Å². The summed E-state index contributed by atoms with van der Waals surface area (Å²) in [4.78, 5) is 9.14. The lowest BCUT2D eigenvalue weighted by molar-refractivity contribution is -0.423. The predicted molar refractivity (Wildman–Crippen MR) is 37.9 cm³/mol. The van der Waals surface area contributed by atoms with Crippen molar-refractivity contribution in [2.45, 2.75) is 4.58 Å². The van der Waals surface area contributed by atoms with Crippen molar-refractivity contribution in [3.63, 3.8) is 0 Å². The Bertz CT molecular complexity index is 122. The summed E-state index contributed by atoms with van der Waals surface area (Å²) in [5.74, 6) is 0. The molecule has 0 saturated carbocycles. The first kappa shape index (κ1) is 7.84. The Morgan fingerprint density at radius 1 is 1.75 bits per heavy atom. The Morgan fingerprint density at radius 2 is 2.12 bits per heavy atom. The van der Waals surface area contributed by atoms with Gasteiger partial charge in [0.25, 0.3) is 5.70 Å². The molecule has 0 aromatic heterocycles.